The molecule has 44 heavy (non-hydrogen) atoms. The fourth-order valence-corrected chi connectivity index (χ4v) is 6.93. The number of azide groups is 1. The molecule has 0 bridgehead atoms. The van der Waals surface area contributed by atoms with E-state index in [4.69, 9.17) is 24.7 Å². The van der Waals surface area contributed by atoms with E-state index in [-0.39, 0.29) is 62.1 Å². The molecule has 0 aliphatic carbocycles. The SMILES string of the molecule is C[C@@H]1OC(=O)[C@@H]2[C@H]1[C@H](CN=[N+]=[N-])ON2Cc1cccc(Br)c1F.C[C@@H]1OC(=O)[C@@H]2[C@H]1[C@H](CO)ON2Cc1cccc(Br)c1F. The van der Waals surface area contributed by atoms with E-state index in [1.807, 2.05) is 0 Å². The second-order valence-electron chi connectivity index (χ2n) is 10.8. The topological polar surface area (TPSA) is 147 Å². The number of hydroxylamine groups is 4. The van der Waals surface area contributed by atoms with Crippen LogP contribution in [0.15, 0.2) is 50.5 Å². The van der Waals surface area contributed by atoms with Gasteiger partial charge in [-0.15, -0.1) is 0 Å². The molecule has 4 aliphatic heterocycles. The Hall–Kier alpha value is -2.69. The van der Waals surface area contributed by atoms with Crippen LogP contribution in [0.2, 0.25) is 0 Å². The minimum Gasteiger partial charge on any atom is -0.461 e. The minimum atomic E-state index is -0.623. The summed E-state index contributed by atoms with van der Waals surface area (Å²) in [4.78, 5) is 38.1. The molecule has 4 saturated heterocycles. The second-order valence-corrected chi connectivity index (χ2v) is 12.5. The molecule has 0 saturated carbocycles. The highest BCUT2D eigenvalue weighted by molar-refractivity contribution is 9.10. The number of esters is 2. The van der Waals surface area contributed by atoms with Gasteiger partial charge in [0.05, 0.1) is 53.1 Å². The first-order valence-electron chi connectivity index (χ1n) is 13.8. The Morgan fingerprint density at radius 1 is 0.864 bits per heavy atom. The lowest BCUT2D eigenvalue weighted by atomic mass is 9.92. The Morgan fingerprint density at radius 3 is 1.77 bits per heavy atom. The highest BCUT2D eigenvalue weighted by Crippen LogP contribution is 2.40. The number of rotatable bonds is 7. The number of cyclic esters (lactones) is 2. The van der Waals surface area contributed by atoms with Gasteiger partial charge in [0.1, 0.15) is 42.0 Å². The van der Waals surface area contributed by atoms with E-state index in [1.165, 1.54) is 10.1 Å². The summed E-state index contributed by atoms with van der Waals surface area (Å²) < 4.78 is 39.4. The summed E-state index contributed by atoms with van der Waals surface area (Å²) in [6, 6.07) is 8.67. The number of aliphatic hydroxyl groups excluding tert-OH is 1. The van der Waals surface area contributed by atoms with Crippen LogP contribution in [0, 0.1) is 23.5 Å². The number of ether oxygens (including phenoxy) is 2. The lowest BCUT2D eigenvalue weighted by Crippen LogP contribution is -2.35. The van der Waals surface area contributed by atoms with Crippen LogP contribution >= 0.6 is 31.9 Å². The van der Waals surface area contributed by atoms with Gasteiger partial charge < -0.3 is 14.6 Å². The molecular weight excluding hydrogens is 716 g/mol. The Kier molecular flexibility index (Phi) is 10.2. The third kappa shape index (κ3) is 6.35. The standard InChI is InChI=1S/C14H14BrFN4O3.C14H15BrFNO4/c1-7-11-10(5-18-19-17)23-20(13(11)14(21)22-7)6-8-3-2-4-9(15)12(8)16;1-7-11-10(6-18)21-17(13(11)14(19)20-7)5-8-3-2-4-9(15)12(8)16/h2-4,7,10-11,13H,5-6H2,1H3;2-4,7,10-11,13,18H,5-6H2,1H3/t2*7-,10-,11+,13-/m00/s1. The van der Waals surface area contributed by atoms with Gasteiger partial charge in [0.2, 0.25) is 0 Å². The van der Waals surface area contributed by atoms with Gasteiger partial charge >= 0.3 is 11.9 Å². The van der Waals surface area contributed by atoms with Crippen LogP contribution in [0.3, 0.4) is 0 Å². The van der Waals surface area contributed by atoms with Crippen molar-refractivity contribution in [3.05, 3.63) is 78.5 Å². The molecule has 2 aromatic rings. The highest BCUT2D eigenvalue weighted by atomic mass is 79.9. The molecule has 16 heteroatoms. The van der Waals surface area contributed by atoms with Crippen LogP contribution in [-0.4, -0.2) is 76.8 Å². The third-order valence-electron chi connectivity index (χ3n) is 8.14. The molecule has 4 heterocycles. The maximum Gasteiger partial charge on any atom is 0.326 e. The van der Waals surface area contributed by atoms with Crippen LogP contribution in [0.4, 0.5) is 8.78 Å². The van der Waals surface area contributed by atoms with Crippen molar-refractivity contribution in [2.75, 3.05) is 13.2 Å². The number of nitrogens with zero attached hydrogens (tertiary/aromatic N) is 5. The lowest BCUT2D eigenvalue weighted by Gasteiger charge is -2.20. The van der Waals surface area contributed by atoms with Crippen LogP contribution in [0.1, 0.15) is 25.0 Å². The first-order chi connectivity index (χ1) is 21.0. The fraction of sp³-hybridized carbons (Fsp3) is 0.500. The van der Waals surface area contributed by atoms with Crippen molar-refractivity contribution in [1.29, 1.82) is 0 Å². The zero-order valence-electron chi connectivity index (χ0n) is 23.6. The second kappa shape index (κ2) is 13.7. The summed E-state index contributed by atoms with van der Waals surface area (Å²) in [6.07, 6.45) is -1.64. The number of benzene rings is 2. The van der Waals surface area contributed by atoms with Crippen molar-refractivity contribution in [3.63, 3.8) is 0 Å². The van der Waals surface area contributed by atoms with Gasteiger partial charge in [0.15, 0.2) is 0 Å². The van der Waals surface area contributed by atoms with E-state index in [0.29, 0.717) is 20.1 Å². The summed E-state index contributed by atoms with van der Waals surface area (Å²) in [5, 5.41) is 15.8. The number of carbonyl (C=O) groups is 2. The molecular formula is C28H29Br2F2N5O7. The predicted octanol–water partition coefficient (Wildman–Crippen LogP) is 4.57. The van der Waals surface area contributed by atoms with E-state index in [2.05, 4.69) is 41.9 Å². The molecule has 0 unspecified atom stereocenters. The van der Waals surface area contributed by atoms with Crippen molar-refractivity contribution in [2.45, 2.75) is 63.4 Å². The molecule has 12 nitrogen and oxygen atoms in total. The predicted molar refractivity (Wildman–Crippen MR) is 156 cm³/mol. The molecule has 4 fully saturated rings. The van der Waals surface area contributed by atoms with Gasteiger partial charge in [-0.3, -0.25) is 19.3 Å². The van der Waals surface area contributed by atoms with E-state index >= 15 is 0 Å². The molecule has 0 spiro atoms. The van der Waals surface area contributed by atoms with Gasteiger partial charge in [-0.05, 0) is 63.4 Å². The van der Waals surface area contributed by atoms with E-state index in [0.717, 1.165) is 0 Å². The van der Waals surface area contributed by atoms with Crippen LogP contribution in [0.5, 0.6) is 0 Å². The number of halogens is 4. The summed E-state index contributed by atoms with van der Waals surface area (Å²) in [5.41, 5.74) is 9.30. The molecule has 4 aliphatic rings. The zero-order valence-corrected chi connectivity index (χ0v) is 26.7. The molecule has 0 radical (unpaired) electrons. The van der Waals surface area contributed by atoms with Crippen molar-refractivity contribution < 1.29 is 42.6 Å². The average molecular weight is 745 g/mol. The average Bonchev–Trinajstić information content (AvgIpc) is 3.71. The Morgan fingerprint density at radius 2 is 1.32 bits per heavy atom. The first kappa shape index (κ1) is 32.7. The minimum absolute atomic E-state index is 0.0934. The monoisotopic (exact) mass is 743 g/mol. The largest absolute Gasteiger partial charge is 0.461 e. The summed E-state index contributed by atoms with van der Waals surface area (Å²) in [7, 11) is 0. The fourth-order valence-electron chi connectivity index (χ4n) is 6.12. The Labute approximate surface area is 268 Å². The van der Waals surface area contributed by atoms with E-state index in [1.54, 1.807) is 50.2 Å². The van der Waals surface area contributed by atoms with Gasteiger partial charge in [-0.25, -0.2) is 8.78 Å². The molecule has 0 aromatic heterocycles. The highest BCUT2D eigenvalue weighted by Gasteiger charge is 2.57. The zero-order chi connectivity index (χ0) is 31.7. The van der Waals surface area contributed by atoms with Gasteiger partial charge in [-0.2, -0.15) is 10.1 Å². The van der Waals surface area contributed by atoms with Crippen LogP contribution < -0.4 is 0 Å². The Balaban J connectivity index is 0.000000175. The van der Waals surface area contributed by atoms with Crippen molar-refractivity contribution in [1.82, 2.24) is 10.1 Å². The van der Waals surface area contributed by atoms with Gasteiger partial charge in [0, 0.05) is 16.0 Å². The summed E-state index contributed by atoms with van der Waals surface area (Å²) in [5.74, 6) is -2.06. The molecule has 6 rings (SSSR count). The van der Waals surface area contributed by atoms with Crippen LogP contribution in [0.25, 0.3) is 10.4 Å². The third-order valence-corrected chi connectivity index (χ3v) is 9.37. The van der Waals surface area contributed by atoms with Crippen molar-refractivity contribution >= 4 is 43.8 Å². The first-order valence-corrected chi connectivity index (χ1v) is 15.4. The molecule has 236 valence electrons. The number of aliphatic hydroxyl groups is 1. The number of hydrogen-bond donors (Lipinski definition) is 1. The maximum absolute atomic E-state index is 14.2. The molecule has 0 amide bonds. The molecule has 2 aromatic carbocycles. The summed E-state index contributed by atoms with van der Waals surface area (Å²) >= 11 is 6.27. The van der Waals surface area contributed by atoms with E-state index < -0.39 is 36.1 Å². The van der Waals surface area contributed by atoms with Gasteiger partial charge in [-0.1, -0.05) is 29.4 Å². The smallest absolute Gasteiger partial charge is 0.326 e. The normalized spacial score (nSPS) is 31.1. The van der Waals surface area contributed by atoms with Crippen molar-refractivity contribution in [2.24, 2.45) is 17.0 Å². The molecule has 8 atom stereocenters. The maximum atomic E-state index is 14.2. The van der Waals surface area contributed by atoms with Crippen LogP contribution in [-0.2, 0) is 41.8 Å². The van der Waals surface area contributed by atoms with Gasteiger partial charge in [0.25, 0.3) is 0 Å². The lowest BCUT2D eigenvalue weighted by molar-refractivity contribution is -0.196. The molecule has 1 N–H and O–H groups in total. The number of fused-ring (bicyclic) bond motifs is 2. The Bertz CT molecular complexity index is 1470. The number of carbonyl (C=O) groups excluding carboxylic acids is 2. The summed E-state index contributed by atoms with van der Waals surface area (Å²) in [6.45, 7) is 3.65. The number of hydrogen-bond acceptors (Lipinski definition) is 10. The van der Waals surface area contributed by atoms with E-state index in [9.17, 15) is 23.5 Å². The quantitative estimate of drug-likeness (QED) is 0.187. The van der Waals surface area contributed by atoms with Crippen molar-refractivity contribution in [3.8, 4) is 0 Å².